The molecule has 0 aliphatic rings. The monoisotopic (exact) mass is 158 g/mol. The van der Waals surface area contributed by atoms with Gasteiger partial charge in [0.25, 0.3) is 0 Å². The molecule has 1 N–H and O–H groups in total. The molecule has 64 valence electrons. The molecule has 0 aliphatic heterocycles. The Bertz CT molecular complexity index is 149. The Balaban J connectivity index is 3.89. The smallest absolute Gasteiger partial charge is 0.332 e. The predicted octanol–water partition coefficient (Wildman–Crippen LogP) is 1.22. The lowest BCUT2D eigenvalue weighted by molar-refractivity contribution is -0.198. The van der Waals surface area contributed by atoms with Gasteiger partial charge in [0, 0.05) is 19.4 Å². The number of carbonyl (C=O) groups excluding carboxylic acids is 1. The van der Waals surface area contributed by atoms with E-state index >= 15 is 0 Å². The van der Waals surface area contributed by atoms with Crippen LogP contribution in [-0.4, -0.2) is 16.9 Å². The molecule has 0 fully saturated rings. The van der Waals surface area contributed by atoms with E-state index in [0.29, 0.717) is 6.42 Å². The molecule has 0 saturated heterocycles. The number of ether oxygens (including phenoxy) is 1. The number of carbonyl (C=O) groups is 1. The Morgan fingerprint density at radius 1 is 1.82 bits per heavy atom. The fraction of sp³-hybridized carbons (Fsp3) is 0.625. The second-order valence-electron chi connectivity index (χ2n) is 2.55. The van der Waals surface area contributed by atoms with Crippen molar-refractivity contribution in [1.29, 1.82) is 0 Å². The number of hydrogen-bond acceptors (Lipinski definition) is 3. The van der Waals surface area contributed by atoms with E-state index in [1.165, 1.54) is 6.92 Å². The lowest BCUT2D eigenvalue weighted by atomic mass is 10.2. The quantitative estimate of drug-likeness (QED) is 0.380. The highest BCUT2D eigenvalue weighted by atomic mass is 16.7. The van der Waals surface area contributed by atoms with E-state index in [-0.39, 0.29) is 0 Å². The van der Waals surface area contributed by atoms with Crippen molar-refractivity contribution in [3.63, 3.8) is 0 Å². The molecule has 0 heterocycles. The molecule has 3 nitrogen and oxygen atoms in total. The number of rotatable bonds is 4. The van der Waals surface area contributed by atoms with Crippen LogP contribution in [0, 0.1) is 0 Å². The molecule has 0 aromatic heterocycles. The third-order valence-corrected chi connectivity index (χ3v) is 1.20. The average molecular weight is 158 g/mol. The summed E-state index contributed by atoms with van der Waals surface area (Å²) >= 11 is 0. The SMILES string of the molecule is C=CC(=O)OC(C)(O)CCC. The average Bonchev–Trinajstić information content (AvgIpc) is 1.86. The van der Waals surface area contributed by atoms with Crippen molar-refractivity contribution >= 4 is 5.97 Å². The van der Waals surface area contributed by atoms with E-state index in [1.54, 1.807) is 0 Å². The first-order valence-corrected chi connectivity index (χ1v) is 3.59. The standard InChI is InChI=1S/C8H14O3/c1-4-6-8(3,10)11-7(9)5-2/h5,10H,2,4,6H2,1,3H3. The minimum Gasteiger partial charge on any atom is -0.430 e. The maximum absolute atomic E-state index is 10.6. The fourth-order valence-electron chi connectivity index (χ4n) is 0.773. The van der Waals surface area contributed by atoms with Crippen LogP contribution in [0.5, 0.6) is 0 Å². The summed E-state index contributed by atoms with van der Waals surface area (Å²) in [5.41, 5.74) is 0. The minimum atomic E-state index is -1.35. The molecule has 0 spiro atoms. The summed E-state index contributed by atoms with van der Waals surface area (Å²) in [6.07, 6.45) is 2.23. The first kappa shape index (κ1) is 10.2. The Morgan fingerprint density at radius 2 is 2.36 bits per heavy atom. The molecule has 0 aromatic carbocycles. The first-order valence-electron chi connectivity index (χ1n) is 3.59. The van der Waals surface area contributed by atoms with E-state index < -0.39 is 11.8 Å². The van der Waals surface area contributed by atoms with E-state index in [0.717, 1.165) is 12.5 Å². The highest BCUT2D eigenvalue weighted by Crippen LogP contribution is 2.13. The van der Waals surface area contributed by atoms with E-state index in [2.05, 4.69) is 11.3 Å². The Hall–Kier alpha value is -0.830. The van der Waals surface area contributed by atoms with Crippen molar-refractivity contribution < 1.29 is 14.6 Å². The van der Waals surface area contributed by atoms with Crippen molar-refractivity contribution in [2.75, 3.05) is 0 Å². The summed E-state index contributed by atoms with van der Waals surface area (Å²) < 4.78 is 4.63. The molecule has 1 atom stereocenters. The summed E-state index contributed by atoms with van der Waals surface area (Å²) in [5, 5.41) is 9.33. The molecule has 0 bridgehead atoms. The van der Waals surface area contributed by atoms with Gasteiger partial charge < -0.3 is 9.84 Å². The van der Waals surface area contributed by atoms with E-state index in [1.807, 2.05) is 6.92 Å². The molecular weight excluding hydrogens is 144 g/mol. The molecule has 1 unspecified atom stereocenters. The zero-order chi connectivity index (χ0) is 8.91. The summed E-state index contributed by atoms with van der Waals surface area (Å²) in [4.78, 5) is 10.6. The van der Waals surface area contributed by atoms with Crippen LogP contribution in [0.3, 0.4) is 0 Å². The largest absolute Gasteiger partial charge is 0.430 e. The van der Waals surface area contributed by atoms with Crippen LogP contribution < -0.4 is 0 Å². The van der Waals surface area contributed by atoms with Gasteiger partial charge >= 0.3 is 5.97 Å². The van der Waals surface area contributed by atoms with Gasteiger partial charge in [0.15, 0.2) is 0 Å². The number of aliphatic hydroxyl groups is 1. The third-order valence-electron chi connectivity index (χ3n) is 1.20. The highest BCUT2D eigenvalue weighted by molar-refractivity contribution is 5.81. The van der Waals surface area contributed by atoms with Gasteiger partial charge in [-0.15, -0.1) is 0 Å². The van der Waals surface area contributed by atoms with Crippen LogP contribution in [0.15, 0.2) is 12.7 Å². The van der Waals surface area contributed by atoms with Gasteiger partial charge in [-0.2, -0.15) is 0 Å². The van der Waals surface area contributed by atoms with Crippen LogP contribution in [-0.2, 0) is 9.53 Å². The summed E-state index contributed by atoms with van der Waals surface area (Å²) in [7, 11) is 0. The molecule has 3 heteroatoms. The van der Waals surface area contributed by atoms with Crippen LogP contribution in [0.25, 0.3) is 0 Å². The van der Waals surface area contributed by atoms with Crippen LogP contribution in [0.4, 0.5) is 0 Å². The topological polar surface area (TPSA) is 46.5 Å². The molecule has 0 amide bonds. The summed E-state index contributed by atoms with van der Waals surface area (Å²) in [5.74, 6) is -1.94. The Labute approximate surface area is 66.7 Å². The molecule has 0 aliphatic carbocycles. The zero-order valence-electron chi connectivity index (χ0n) is 6.96. The summed E-state index contributed by atoms with van der Waals surface area (Å²) in [6, 6.07) is 0. The van der Waals surface area contributed by atoms with Gasteiger partial charge in [0.05, 0.1) is 0 Å². The van der Waals surface area contributed by atoms with Crippen LogP contribution in [0.1, 0.15) is 26.7 Å². The number of hydrogen-bond donors (Lipinski definition) is 1. The molecule has 0 saturated carbocycles. The van der Waals surface area contributed by atoms with Crippen LogP contribution in [0.2, 0.25) is 0 Å². The zero-order valence-corrected chi connectivity index (χ0v) is 6.96. The van der Waals surface area contributed by atoms with Crippen molar-refractivity contribution in [2.45, 2.75) is 32.5 Å². The van der Waals surface area contributed by atoms with Crippen molar-refractivity contribution in [1.82, 2.24) is 0 Å². The third kappa shape index (κ3) is 4.56. The van der Waals surface area contributed by atoms with Crippen molar-refractivity contribution in [3.8, 4) is 0 Å². The molecule has 11 heavy (non-hydrogen) atoms. The highest BCUT2D eigenvalue weighted by Gasteiger charge is 2.22. The van der Waals surface area contributed by atoms with Gasteiger partial charge in [0.1, 0.15) is 0 Å². The number of esters is 1. The first-order chi connectivity index (χ1) is 5.02. The van der Waals surface area contributed by atoms with Gasteiger partial charge in [-0.3, -0.25) is 0 Å². The normalized spacial score (nSPS) is 15.2. The maximum Gasteiger partial charge on any atom is 0.332 e. The Kier molecular flexibility index (Phi) is 3.82. The van der Waals surface area contributed by atoms with E-state index in [4.69, 9.17) is 0 Å². The van der Waals surface area contributed by atoms with Crippen molar-refractivity contribution in [3.05, 3.63) is 12.7 Å². The second-order valence-corrected chi connectivity index (χ2v) is 2.55. The molecule has 0 aromatic rings. The van der Waals surface area contributed by atoms with Gasteiger partial charge in [-0.05, 0) is 6.42 Å². The molecule has 0 radical (unpaired) electrons. The van der Waals surface area contributed by atoms with E-state index in [9.17, 15) is 9.90 Å². The minimum absolute atomic E-state index is 0.437. The predicted molar refractivity (Wildman–Crippen MR) is 41.8 cm³/mol. The maximum atomic E-state index is 10.6. The van der Waals surface area contributed by atoms with Crippen LogP contribution >= 0.6 is 0 Å². The van der Waals surface area contributed by atoms with Gasteiger partial charge in [-0.25, -0.2) is 4.79 Å². The lowest BCUT2D eigenvalue weighted by Gasteiger charge is -2.21. The van der Waals surface area contributed by atoms with Gasteiger partial charge in [-0.1, -0.05) is 13.5 Å². The van der Waals surface area contributed by atoms with Crippen molar-refractivity contribution in [2.24, 2.45) is 0 Å². The summed E-state index contributed by atoms with van der Waals surface area (Å²) in [6.45, 7) is 6.57. The Morgan fingerprint density at radius 3 is 2.73 bits per heavy atom. The molecular formula is C8H14O3. The molecule has 0 rings (SSSR count). The second kappa shape index (κ2) is 4.13. The fourth-order valence-corrected chi connectivity index (χ4v) is 0.773. The van der Waals surface area contributed by atoms with Gasteiger partial charge in [0.2, 0.25) is 5.79 Å². The lowest BCUT2D eigenvalue weighted by Crippen LogP contribution is -2.30.